The van der Waals surface area contributed by atoms with Gasteiger partial charge in [-0.15, -0.1) is 0 Å². The number of allylic oxidation sites excluding steroid dienone is 1. The molecule has 2 aliphatic rings. The lowest BCUT2D eigenvalue weighted by Gasteiger charge is -2.37. The molecule has 4 rings (SSSR count). The Balaban J connectivity index is 1.66. The molecule has 0 fully saturated rings. The third-order valence-corrected chi connectivity index (χ3v) is 6.97. The molecule has 1 amide bonds. The van der Waals surface area contributed by atoms with Gasteiger partial charge in [0.25, 0.3) is 0 Å². The van der Waals surface area contributed by atoms with Crippen molar-refractivity contribution in [2.75, 3.05) is 7.11 Å². The van der Waals surface area contributed by atoms with Gasteiger partial charge in [-0.05, 0) is 54.5 Å². The van der Waals surface area contributed by atoms with Crippen LogP contribution in [0.25, 0.3) is 0 Å². The number of esters is 1. The van der Waals surface area contributed by atoms with Crippen molar-refractivity contribution in [2.45, 2.75) is 46.2 Å². The molecule has 35 heavy (non-hydrogen) atoms. The summed E-state index contributed by atoms with van der Waals surface area (Å²) >= 11 is 1.44. The van der Waals surface area contributed by atoms with E-state index in [-0.39, 0.29) is 24.7 Å². The van der Waals surface area contributed by atoms with Gasteiger partial charge in [-0.25, -0.2) is 14.2 Å². The Hall–Kier alpha value is -3.39. The normalized spacial score (nSPS) is 17.1. The minimum Gasteiger partial charge on any atom is -0.466 e. The Morgan fingerprint density at radius 2 is 2.00 bits per heavy atom. The number of thioether (sulfide) groups is 1. The molecule has 0 aliphatic carbocycles. The Morgan fingerprint density at radius 3 is 2.71 bits per heavy atom. The summed E-state index contributed by atoms with van der Waals surface area (Å²) < 4.78 is 18.7. The van der Waals surface area contributed by atoms with E-state index in [1.807, 2.05) is 43.2 Å². The molecule has 0 unspecified atom stereocenters. The molecule has 1 N–H and O–H groups in total. The zero-order chi connectivity index (χ0) is 25.1. The van der Waals surface area contributed by atoms with Crippen molar-refractivity contribution in [2.24, 2.45) is 4.99 Å². The fourth-order valence-electron chi connectivity index (χ4n) is 4.34. The monoisotopic (exact) mass is 493 g/mol. The second kappa shape index (κ2) is 10.5. The van der Waals surface area contributed by atoms with Gasteiger partial charge in [0.2, 0.25) is 5.91 Å². The largest absolute Gasteiger partial charge is 0.466 e. The van der Waals surface area contributed by atoms with E-state index >= 15 is 0 Å². The molecule has 2 aromatic carbocycles. The van der Waals surface area contributed by atoms with Crippen LogP contribution in [0.4, 0.5) is 4.39 Å². The van der Waals surface area contributed by atoms with Gasteiger partial charge in [-0.1, -0.05) is 54.6 Å². The third kappa shape index (κ3) is 5.17. The van der Waals surface area contributed by atoms with Crippen LogP contribution < -0.4 is 5.32 Å². The van der Waals surface area contributed by atoms with E-state index in [1.54, 1.807) is 12.1 Å². The minimum atomic E-state index is -0.456. The number of rotatable bonds is 7. The fraction of sp³-hybridized carbons (Fsp3) is 0.296. The van der Waals surface area contributed by atoms with Gasteiger partial charge >= 0.3 is 5.97 Å². The van der Waals surface area contributed by atoms with Gasteiger partial charge in [0.05, 0.1) is 30.8 Å². The summed E-state index contributed by atoms with van der Waals surface area (Å²) in [6.07, 6.45) is 0.672. The van der Waals surface area contributed by atoms with Crippen LogP contribution in [0.3, 0.4) is 0 Å². The van der Waals surface area contributed by atoms with Crippen molar-refractivity contribution in [3.8, 4) is 0 Å². The maximum absolute atomic E-state index is 13.5. The van der Waals surface area contributed by atoms with Crippen molar-refractivity contribution in [3.63, 3.8) is 0 Å². The number of benzene rings is 2. The van der Waals surface area contributed by atoms with E-state index in [2.05, 4.69) is 11.4 Å². The molecular weight excluding hydrogens is 465 g/mol. The molecule has 8 heteroatoms. The number of nitrogens with zero attached hydrogens (tertiary/aromatic N) is 2. The number of carbonyl (C=O) groups excluding carboxylic acids is 2. The Morgan fingerprint density at radius 1 is 1.20 bits per heavy atom. The van der Waals surface area contributed by atoms with Crippen LogP contribution in [0.15, 0.2) is 69.8 Å². The van der Waals surface area contributed by atoms with Gasteiger partial charge in [-0.2, -0.15) is 0 Å². The number of amides is 1. The van der Waals surface area contributed by atoms with E-state index in [0.717, 1.165) is 27.6 Å². The number of aryl methyl sites for hydroxylation is 2. The molecule has 182 valence electrons. The number of hydrogen-bond acceptors (Lipinski definition) is 6. The van der Waals surface area contributed by atoms with Gasteiger partial charge in [0.15, 0.2) is 5.17 Å². The summed E-state index contributed by atoms with van der Waals surface area (Å²) in [5.74, 6) is -0.972. The van der Waals surface area contributed by atoms with Crippen molar-refractivity contribution in [3.05, 3.63) is 92.9 Å². The summed E-state index contributed by atoms with van der Waals surface area (Å²) in [4.78, 5) is 32.6. The van der Waals surface area contributed by atoms with Crippen molar-refractivity contribution < 1.29 is 18.7 Å². The van der Waals surface area contributed by atoms with Crippen LogP contribution in [0, 0.1) is 19.7 Å². The van der Waals surface area contributed by atoms with Gasteiger partial charge in [0.1, 0.15) is 5.82 Å². The molecule has 6 nitrogen and oxygen atoms in total. The van der Waals surface area contributed by atoms with Crippen LogP contribution >= 0.6 is 11.8 Å². The third-order valence-electron chi connectivity index (χ3n) is 6.08. The van der Waals surface area contributed by atoms with Gasteiger partial charge in [0, 0.05) is 12.2 Å². The van der Waals surface area contributed by atoms with E-state index < -0.39 is 12.0 Å². The van der Waals surface area contributed by atoms with E-state index in [9.17, 15) is 14.0 Å². The Labute approximate surface area is 209 Å². The maximum atomic E-state index is 13.5. The Bertz CT molecular complexity index is 1270. The summed E-state index contributed by atoms with van der Waals surface area (Å²) in [5.41, 5.74) is 5.68. The average Bonchev–Trinajstić information content (AvgIpc) is 3.24. The highest BCUT2D eigenvalue weighted by molar-refractivity contribution is 8.16. The standard InChI is InChI=1S/C27H28FN3O3S/c1-5-22-24(26(33)34-4)25(21-11-16(2)9-10-17(21)3)31-20(15-35-27(31)30-22)13-23(32)29-14-18-7-6-8-19(28)12-18/h6-12,15,25H,5,13-14H2,1-4H3,(H,29,32)/t25-/m1/s1. The second-order valence-electron chi connectivity index (χ2n) is 8.54. The molecule has 0 radical (unpaired) electrons. The molecule has 2 aromatic rings. The summed E-state index contributed by atoms with van der Waals surface area (Å²) in [5, 5.41) is 5.50. The van der Waals surface area contributed by atoms with Crippen LogP contribution in [0.2, 0.25) is 0 Å². The fourth-order valence-corrected chi connectivity index (χ4v) is 5.27. The highest BCUT2D eigenvalue weighted by atomic mass is 32.2. The second-order valence-corrected chi connectivity index (χ2v) is 9.38. The predicted molar refractivity (Wildman–Crippen MR) is 136 cm³/mol. The smallest absolute Gasteiger partial charge is 0.338 e. The number of amidine groups is 1. The number of fused-ring (bicyclic) bond motifs is 1. The van der Waals surface area contributed by atoms with Gasteiger partial charge < -0.3 is 15.0 Å². The first-order valence-electron chi connectivity index (χ1n) is 11.5. The number of aliphatic imine (C=N–C) groups is 1. The number of ether oxygens (including phenoxy) is 1. The van der Waals surface area contributed by atoms with Crippen LogP contribution in [-0.4, -0.2) is 29.1 Å². The van der Waals surface area contributed by atoms with Crippen molar-refractivity contribution >= 4 is 28.8 Å². The zero-order valence-electron chi connectivity index (χ0n) is 20.2. The molecule has 0 spiro atoms. The van der Waals surface area contributed by atoms with Crippen LogP contribution in [0.5, 0.6) is 0 Å². The number of nitrogens with one attached hydrogen (secondary N) is 1. The highest BCUT2D eigenvalue weighted by Gasteiger charge is 2.42. The van der Waals surface area contributed by atoms with E-state index in [0.29, 0.717) is 23.3 Å². The molecule has 2 heterocycles. The first-order chi connectivity index (χ1) is 16.8. The molecule has 0 bridgehead atoms. The van der Waals surface area contributed by atoms with Crippen molar-refractivity contribution in [1.29, 1.82) is 0 Å². The number of methoxy groups -OCH3 is 1. The van der Waals surface area contributed by atoms with E-state index in [1.165, 1.54) is 31.0 Å². The lowest BCUT2D eigenvalue weighted by Crippen LogP contribution is -2.38. The number of hydrogen-bond donors (Lipinski definition) is 1. The summed E-state index contributed by atoms with van der Waals surface area (Å²) in [6.45, 7) is 6.22. The lowest BCUT2D eigenvalue weighted by molar-refractivity contribution is -0.136. The first kappa shape index (κ1) is 24.7. The number of carbonyl (C=O) groups is 2. The minimum absolute atomic E-state index is 0.0958. The molecule has 1 atom stereocenters. The lowest BCUT2D eigenvalue weighted by atomic mass is 9.89. The molecular formula is C27H28FN3O3S. The topological polar surface area (TPSA) is 71.0 Å². The van der Waals surface area contributed by atoms with E-state index in [4.69, 9.17) is 9.73 Å². The molecule has 2 aliphatic heterocycles. The zero-order valence-corrected chi connectivity index (χ0v) is 21.0. The SMILES string of the molecule is CCC1=C(C(=O)OC)[C@@H](c2cc(C)ccc2C)N2C(CC(=O)NCc3cccc(F)c3)=CSC2=N1. The first-order valence-corrected chi connectivity index (χ1v) is 12.3. The quantitative estimate of drug-likeness (QED) is 0.531. The predicted octanol–water partition coefficient (Wildman–Crippen LogP) is 5.29. The highest BCUT2D eigenvalue weighted by Crippen LogP contribution is 2.46. The molecule has 0 saturated heterocycles. The Kier molecular flexibility index (Phi) is 7.40. The van der Waals surface area contributed by atoms with Crippen molar-refractivity contribution in [1.82, 2.24) is 10.2 Å². The molecule has 0 saturated carbocycles. The summed E-state index contributed by atoms with van der Waals surface area (Å²) in [7, 11) is 1.37. The van der Waals surface area contributed by atoms with Gasteiger partial charge in [-0.3, -0.25) is 4.79 Å². The van der Waals surface area contributed by atoms with Crippen LogP contribution in [0.1, 0.15) is 48.1 Å². The van der Waals surface area contributed by atoms with Crippen LogP contribution in [-0.2, 0) is 20.9 Å². The molecule has 0 aromatic heterocycles. The number of halogens is 1. The maximum Gasteiger partial charge on any atom is 0.338 e. The average molecular weight is 494 g/mol. The summed E-state index contributed by atoms with van der Waals surface area (Å²) in [6, 6.07) is 11.8.